The van der Waals surface area contributed by atoms with Crippen molar-refractivity contribution in [2.24, 2.45) is 23.7 Å². The summed E-state index contributed by atoms with van der Waals surface area (Å²) in [5.74, 6) is 3.20. The molecule has 0 radical (unpaired) electrons. The number of esters is 2. The SMILES string of the molecule is C.C.COC(=O)C[C@@H](CC(C)C)c1cccc(O)c1.COC(=O)C[C@H](CC(C)C)c1cccc(O)c1.COc1ccc(F)c(-c2ccc(CCl)cc2C(C)(C)C)c1.COc1ccc(F)c(-c2ccc(COc3cccc([C@@H](CC(=O)O)CC(C)C)c3)cc2C(C)(C)C)c1.COc1ccc(F)c(-c2ccc(COc3cccc([C@H](CC(=O)O)CC(C)C)c3)cc2C(C)(C)C)c1. The number of ether oxygens (including phenoxy) is 7. The van der Waals surface area contributed by atoms with Crippen LogP contribution in [-0.2, 0) is 64.0 Å². The van der Waals surface area contributed by atoms with E-state index in [1.807, 2.05) is 97.1 Å². The highest BCUT2D eigenvalue weighted by Crippen LogP contribution is 2.43. The number of aromatic hydroxyl groups is 2. The standard InChI is InChI=1S/2C31H37FO4.C18H20ClFO.2C14H20O3.2CH4/c2*1-20(2)14-23(17-30(33)34)22-8-7-9-25(16-22)36-19-21-10-12-26(28(15-21)31(3,4)5)27-18-24(35-6)11-13-29(27)32;1-18(2,3)16-9-12(11-19)5-7-14(16)15-10-13(21-4)6-8-17(15)20;2*1-10(2)7-12(9-14(16)17-3)11-5-4-6-13(15)8-11;;/h2*7-13,15-16,18,20,23H,14,17,19H2,1-6H3,(H,33,34);5-10H,11H2,1-4H3;2*4-6,8,10,12,15H,7,9H2,1-3H3;2*1H4/t2*23-;;2*12-;;/m10.10../s1. The summed E-state index contributed by atoms with van der Waals surface area (Å²) in [6.07, 6.45) is 4.31. The Morgan fingerprint density at radius 3 is 0.860 bits per heavy atom. The number of methoxy groups -OCH3 is 5. The lowest BCUT2D eigenvalue weighted by atomic mass is 9.81. The van der Waals surface area contributed by atoms with Crippen LogP contribution in [0.15, 0.2) is 206 Å². The lowest BCUT2D eigenvalue weighted by Crippen LogP contribution is -2.14. The molecule has 0 saturated heterocycles. The Morgan fingerprint density at radius 1 is 0.333 bits per heavy atom. The number of aliphatic carboxylic acids is 2. The number of benzene rings is 10. The maximum Gasteiger partial charge on any atom is 0.306 e. The van der Waals surface area contributed by atoms with E-state index in [0.717, 1.165) is 98.0 Å². The topological polar surface area (TPSA) is 214 Å². The maximum atomic E-state index is 14.8. The van der Waals surface area contributed by atoms with Crippen LogP contribution in [-0.4, -0.2) is 79.9 Å². The summed E-state index contributed by atoms with van der Waals surface area (Å²) >= 11 is 5.93. The number of hydrogen-bond acceptors (Lipinski definition) is 13. The van der Waals surface area contributed by atoms with Crippen molar-refractivity contribution in [3.63, 3.8) is 0 Å². The lowest BCUT2D eigenvalue weighted by molar-refractivity contribution is -0.142. The Bertz CT molecular complexity index is 4930. The molecule has 0 bridgehead atoms. The molecule has 700 valence electrons. The summed E-state index contributed by atoms with van der Waals surface area (Å²) in [5.41, 5.74) is 13.6. The number of phenols is 2. The quantitative estimate of drug-likeness (QED) is 0.0222. The zero-order chi connectivity index (χ0) is 94.2. The molecule has 15 nitrogen and oxygen atoms in total. The van der Waals surface area contributed by atoms with Crippen LogP contribution in [0.4, 0.5) is 13.2 Å². The summed E-state index contributed by atoms with van der Waals surface area (Å²) in [4.78, 5) is 45.6. The highest BCUT2D eigenvalue weighted by atomic mass is 35.5. The van der Waals surface area contributed by atoms with Crippen molar-refractivity contribution in [2.45, 2.75) is 243 Å². The molecule has 0 aliphatic rings. The molecule has 0 spiro atoms. The molecule has 10 aromatic carbocycles. The van der Waals surface area contributed by atoms with E-state index >= 15 is 0 Å². The third kappa shape index (κ3) is 36.0. The van der Waals surface area contributed by atoms with E-state index < -0.39 is 11.9 Å². The Hall–Kier alpha value is -11.2. The van der Waals surface area contributed by atoms with Crippen LogP contribution in [0, 0.1) is 41.1 Å². The second kappa shape index (κ2) is 52.4. The van der Waals surface area contributed by atoms with Gasteiger partial charge in [0.15, 0.2) is 0 Å². The van der Waals surface area contributed by atoms with Crippen molar-refractivity contribution in [2.75, 3.05) is 35.5 Å². The third-order valence-electron chi connectivity index (χ3n) is 21.5. The lowest BCUT2D eigenvalue weighted by Gasteiger charge is -2.25. The predicted molar refractivity (Wildman–Crippen MR) is 519 cm³/mol. The van der Waals surface area contributed by atoms with Crippen LogP contribution in [0.2, 0.25) is 0 Å². The molecular formula is C110H142ClF3O15. The molecule has 0 amide bonds. The second-order valence-corrected chi connectivity index (χ2v) is 37.3. The average Bonchev–Trinajstić information content (AvgIpc) is 0.792. The van der Waals surface area contributed by atoms with Crippen LogP contribution in [0.1, 0.15) is 263 Å². The number of alkyl halides is 1. The van der Waals surface area contributed by atoms with Crippen molar-refractivity contribution in [1.82, 2.24) is 0 Å². The predicted octanol–water partition coefficient (Wildman–Crippen LogP) is 28.9. The van der Waals surface area contributed by atoms with E-state index in [0.29, 0.717) is 101 Å². The van der Waals surface area contributed by atoms with Gasteiger partial charge in [0.1, 0.15) is 70.9 Å². The molecule has 0 unspecified atom stereocenters. The van der Waals surface area contributed by atoms with Crippen LogP contribution >= 0.6 is 11.6 Å². The van der Waals surface area contributed by atoms with E-state index in [2.05, 4.69) is 136 Å². The Labute approximate surface area is 772 Å². The Balaban J connectivity index is 0.000000350. The number of hydrogen-bond donors (Lipinski definition) is 4. The van der Waals surface area contributed by atoms with Gasteiger partial charge < -0.3 is 53.6 Å². The first-order valence-electron chi connectivity index (χ1n) is 43.5. The van der Waals surface area contributed by atoms with E-state index in [4.69, 9.17) is 44.8 Å². The number of phenolic OH excluding ortho intramolecular Hbond substituents is 2. The molecule has 19 heteroatoms. The van der Waals surface area contributed by atoms with E-state index in [1.54, 1.807) is 94.1 Å². The summed E-state index contributed by atoms with van der Waals surface area (Å²) in [5, 5.41) is 37.7. The molecular weight excluding hydrogens is 1650 g/mol. The van der Waals surface area contributed by atoms with E-state index in [-0.39, 0.29) is 109 Å². The van der Waals surface area contributed by atoms with Gasteiger partial charge in [0.2, 0.25) is 0 Å². The van der Waals surface area contributed by atoms with Gasteiger partial charge in [-0.3, -0.25) is 19.2 Å². The van der Waals surface area contributed by atoms with Gasteiger partial charge in [0.05, 0.1) is 61.2 Å². The van der Waals surface area contributed by atoms with Gasteiger partial charge in [0.25, 0.3) is 0 Å². The van der Waals surface area contributed by atoms with Crippen molar-refractivity contribution < 1.29 is 85.9 Å². The largest absolute Gasteiger partial charge is 0.508 e. The first-order valence-corrected chi connectivity index (χ1v) is 44.0. The van der Waals surface area contributed by atoms with Crippen molar-refractivity contribution in [3.8, 4) is 73.6 Å². The van der Waals surface area contributed by atoms with Gasteiger partial charge in [-0.1, -0.05) is 236 Å². The number of carbonyl (C=O) groups is 4. The molecule has 0 aliphatic carbocycles. The fraction of sp³-hybridized carbons (Fsp3) is 0.418. The summed E-state index contributed by atoms with van der Waals surface area (Å²) in [6.45, 7) is 36.5. The molecule has 10 rings (SSSR count). The molecule has 0 aromatic heterocycles. The maximum absolute atomic E-state index is 14.8. The summed E-state index contributed by atoms with van der Waals surface area (Å²) in [6, 6.07) is 61.9. The zero-order valence-electron chi connectivity index (χ0n) is 78.3. The first-order chi connectivity index (χ1) is 59.9. The Kier molecular flexibility index (Phi) is 44.7. The minimum atomic E-state index is -0.797. The van der Waals surface area contributed by atoms with E-state index in [1.165, 1.54) is 32.4 Å². The van der Waals surface area contributed by atoms with Gasteiger partial charge in [-0.2, -0.15) is 0 Å². The molecule has 129 heavy (non-hydrogen) atoms. The van der Waals surface area contributed by atoms with Gasteiger partial charge in [-0.25, -0.2) is 13.2 Å². The fourth-order valence-corrected chi connectivity index (χ4v) is 15.5. The monoisotopic (exact) mass is 1790 g/mol. The van der Waals surface area contributed by atoms with Crippen LogP contribution < -0.4 is 23.7 Å². The minimum absolute atomic E-state index is 0. The van der Waals surface area contributed by atoms with Gasteiger partial charge in [-0.05, 0) is 265 Å². The molecule has 0 saturated carbocycles. The zero-order valence-corrected chi connectivity index (χ0v) is 79.1. The number of rotatable bonds is 33. The third-order valence-corrected chi connectivity index (χ3v) is 21.8. The normalized spacial score (nSPS) is 12.1. The van der Waals surface area contributed by atoms with Crippen molar-refractivity contribution in [1.29, 1.82) is 0 Å². The molecule has 10 aromatic rings. The van der Waals surface area contributed by atoms with Crippen LogP contribution in [0.5, 0.6) is 40.2 Å². The number of carboxylic acids is 2. The highest BCUT2D eigenvalue weighted by molar-refractivity contribution is 6.17. The fourth-order valence-electron chi connectivity index (χ4n) is 15.3. The molecule has 4 atom stereocenters. The molecule has 4 N–H and O–H groups in total. The van der Waals surface area contributed by atoms with Gasteiger partial charge >= 0.3 is 23.9 Å². The summed E-state index contributed by atoms with van der Waals surface area (Å²) < 4.78 is 81.3. The van der Waals surface area contributed by atoms with E-state index in [9.17, 15) is 52.8 Å². The number of carbonyl (C=O) groups excluding carboxylic acids is 2. The minimum Gasteiger partial charge on any atom is -0.508 e. The molecule has 0 heterocycles. The first kappa shape index (κ1) is 110. The van der Waals surface area contributed by atoms with Crippen LogP contribution in [0.3, 0.4) is 0 Å². The molecule has 0 aliphatic heterocycles. The summed E-state index contributed by atoms with van der Waals surface area (Å²) in [7, 11) is 7.53. The van der Waals surface area contributed by atoms with Gasteiger partial charge in [0, 0.05) is 22.6 Å². The smallest absolute Gasteiger partial charge is 0.306 e. The average molecular weight is 1800 g/mol. The van der Waals surface area contributed by atoms with Crippen molar-refractivity contribution in [3.05, 3.63) is 279 Å². The molecule has 0 fully saturated rings. The highest BCUT2D eigenvalue weighted by Gasteiger charge is 2.28. The Morgan fingerprint density at radius 2 is 0.605 bits per heavy atom. The van der Waals surface area contributed by atoms with Crippen LogP contribution in [0.25, 0.3) is 33.4 Å². The second-order valence-electron chi connectivity index (χ2n) is 37.0. The number of carboxylic acid groups (broad SMARTS) is 2. The van der Waals surface area contributed by atoms with Gasteiger partial charge in [-0.15, -0.1) is 11.6 Å². The number of halogens is 4. The van der Waals surface area contributed by atoms with Crippen molar-refractivity contribution >= 4 is 35.5 Å².